The van der Waals surface area contributed by atoms with E-state index in [9.17, 15) is 15.3 Å². The van der Waals surface area contributed by atoms with Crippen LogP contribution >= 0.6 is 72.7 Å². The lowest BCUT2D eigenvalue weighted by Crippen LogP contribution is -2.76. The Morgan fingerprint density at radius 2 is 1.15 bits per heavy atom. The quantitative estimate of drug-likeness (QED) is 0.287. The molecule has 8 saturated heterocycles. The Morgan fingerprint density at radius 3 is 1.69 bits per heavy atom. The van der Waals surface area contributed by atoms with Crippen LogP contribution in [0.4, 0.5) is 11.4 Å². The third-order valence-corrected chi connectivity index (χ3v) is 25.3. The summed E-state index contributed by atoms with van der Waals surface area (Å²) in [5.74, 6) is -2.28. The SMILES string of the molecule is CC(C)C12SSSC3(C(=O)N1C)C(O)C1(C45c6ccccc6NC4N4C(=O)C6(CO)SSSSC4(C(=O)N6C)C5O)c4ccccc4NC1N3C2=O. The summed E-state index contributed by atoms with van der Waals surface area (Å²) in [5, 5.41) is 45.3. The van der Waals surface area contributed by atoms with Gasteiger partial charge in [0.05, 0.1) is 17.4 Å². The Labute approximate surface area is 325 Å². The Balaban J connectivity index is 1.34. The van der Waals surface area contributed by atoms with Gasteiger partial charge in [-0.25, -0.2) is 0 Å². The third kappa shape index (κ3) is 3.21. The molecule has 0 aliphatic carbocycles. The average Bonchev–Trinajstić information content (AvgIpc) is 3.72. The highest BCUT2D eigenvalue weighted by molar-refractivity contribution is 9.26. The molecule has 0 saturated carbocycles. The molecule has 20 heteroatoms. The van der Waals surface area contributed by atoms with Gasteiger partial charge in [-0.05, 0) is 102 Å². The van der Waals surface area contributed by atoms with Crippen molar-refractivity contribution in [2.24, 2.45) is 5.92 Å². The number of rotatable bonds is 3. The maximum Gasteiger partial charge on any atom is 0.265 e. The molecule has 10 heterocycles. The number of carbonyl (C=O) groups excluding carboxylic acids is 4. The van der Waals surface area contributed by atoms with Crippen LogP contribution < -0.4 is 10.6 Å². The summed E-state index contributed by atoms with van der Waals surface area (Å²) in [6, 6.07) is 14.6. The minimum Gasteiger partial charge on any atom is -0.392 e. The topological polar surface area (TPSA) is 166 Å². The fourth-order valence-corrected chi connectivity index (χ4v) is 24.5. The lowest BCUT2D eigenvalue weighted by atomic mass is 9.52. The summed E-state index contributed by atoms with van der Waals surface area (Å²) in [6.07, 6.45) is -5.68. The number of nitrogens with one attached hydrogen (secondary N) is 2. The number of fused-ring (bicyclic) bond motifs is 14. The number of piperazine rings is 2. The van der Waals surface area contributed by atoms with Crippen LogP contribution in [0.25, 0.3) is 0 Å². The zero-order chi connectivity index (χ0) is 36.5. The van der Waals surface area contributed by atoms with Gasteiger partial charge in [0.1, 0.15) is 24.5 Å². The van der Waals surface area contributed by atoms with Crippen LogP contribution in [0.3, 0.4) is 0 Å². The molecule has 52 heavy (non-hydrogen) atoms. The van der Waals surface area contributed by atoms with Crippen molar-refractivity contribution in [2.75, 3.05) is 31.3 Å². The van der Waals surface area contributed by atoms with E-state index < -0.39 is 79.2 Å². The number of carbonyl (C=O) groups is 4. The van der Waals surface area contributed by atoms with Gasteiger partial charge in [0, 0.05) is 25.5 Å². The number of para-hydroxylation sites is 2. The van der Waals surface area contributed by atoms with Crippen LogP contribution in [-0.4, -0.2) is 123 Å². The molecule has 10 aliphatic heterocycles. The van der Waals surface area contributed by atoms with E-state index in [4.69, 9.17) is 0 Å². The number of aliphatic hydroxyl groups is 3. The standard InChI is InChI=1S/C32H32N6O7S7/c1-14(2)30-26(45)38-22-29(16-10-6-8-12-18(16)34-22,20(41)32(38,48-50-47-30)25(44)36(30)4)28-15-9-5-7-11-17(15)33-21(28)37-23(42)27(13-39)35(3)24(43)31(37,19(28)40)49-52-51-46-27/h5-12,14,19-22,33-34,39-41H,13H2,1-4H3. The molecule has 10 atom stereocenters. The highest BCUT2D eigenvalue weighted by Crippen LogP contribution is 2.78. The predicted molar refractivity (Wildman–Crippen MR) is 208 cm³/mol. The summed E-state index contributed by atoms with van der Waals surface area (Å²) in [6.45, 7) is 3.12. The number of benzene rings is 2. The van der Waals surface area contributed by atoms with Gasteiger partial charge in [0.2, 0.25) is 14.6 Å². The van der Waals surface area contributed by atoms with Crippen LogP contribution in [0.15, 0.2) is 48.5 Å². The molecule has 12 rings (SSSR count). The van der Waals surface area contributed by atoms with E-state index in [2.05, 4.69) is 10.6 Å². The van der Waals surface area contributed by atoms with E-state index in [0.29, 0.717) is 22.5 Å². The largest absolute Gasteiger partial charge is 0.392 e. The van der Waals surface area contributed by atoms with E-state index in [1.807, 2.05) is 62.4 Å². The molecule has 10 aliphatic rings. The van der Waals surface area contributed by atoms with E-state index >= 15 is 19.2 Å². The van der Waals surface area contributed by atoms with Gasteiger partial charge in [0.15, 0.2) is 4.87 Å². The molecule has 8 fully saturated rings. The van der Waals surface area contributed by atoms with Gasteiger partial charge in [-0.1, -0.05) is 50.2 Å². The van der Waals surface area contributed by atoms with E-state index in [-0.39, 0.29) is 11.8 Å². The first-order chi connectivity index (χ1) is 24.8. The first-order valence-corrected chi connectivity index (χ1v) is 24.8. The maximum atomic E-state index is 15.4. The lowest BCUT2D eigenvalue weighted by molar-refractivity contribution is -0.169. The highest BCUT2D eigenvalue weighted by Gasteiger charge is 2.92. The number of nitrogens with zero attached hydrogens (tertiary/aromatic N) is 4. The second-order valence-corrected chi connectivity index (χ2v) is 25.0. The third-order valence-electron chi connectivity index (χ3n) is 12.7. The normalized spacial score (nSPS) is 43.8. The molecule has 2 aromatic carbocycles. The van der Waals surface area contributed by atoms with Crippen LogP contribution in [0, 0.1) is 5.92 Å². The van der Waals surface area contributed by atoms with Crippen LogP contribution in [0.5, 0.6) is 0 Å². The molecule has 4 amide bonds. The molecule has 0 radical (unpaired) electrons. The number of hydrogen-bond donors (Lipinski definition) is 5. The van der Waals surface area contributed by atoms with E-state index in [0.717, 1.165) is 32.4 Å². The van der Waals surface area contributed by atoms with Crippen LogP contribution in [0.1, 0.15) is 25.0 Å². The smallest absolute Gasteiger partial charge is 0.265 e. The van der Waals surface area contributed by atoms with Gasteiger partial charge in [-0.15, -0.1) is 0 Å². The summed E-state index contributed by atoms with van der Waals surface area (Å²) in [7, 11) is 11.4. The van der Waals surface area contributed by atoms with Crippen molar-refractivity contribution in [2.45, 2.75) is 68.7 Å². The molecular weight excluding hydrogens is 805 g/mol. The van der Waals surface area contributed by atoms with Gasteiger partial charge < -0.3 is 35.8 Å². The summed E-state index contributed by atoms with van der Waals surface area (Å²) < 4.78 is 0. The molecule has 2 aromatic rings. The number of aliphatic hydroxyl groups excluding tert-OH is 3. The van der Waals surface area contributed by atoms with Crippen molar-refractivity contribution < 1.29 is 34.5 Å². The lowest BCUT2D eigenvalue weighted by Gasteiger charge is -2.54. The Bertz CT molecular complexity index is 2040. The van der Waals surface area contributed by atoms with Crippen molar-refractivity contribution in [1.29, 1.82) is 0 Å². The monoisotopic (exact) mass is 836 g/mol. The minimum atomic E-state index is -1.94. The Morgan fingerprint density at radius 1 is 0.673 bits per heavy atom. The van der Waals surface area contributed by atoms with E-state index in [1.165, 1.54) is 66.9 Å². The van der Waals surface area contributed by atoms with E-state index in [1.54, 1.807) is 7.05 Å². The van der Waals surface area contributed by atoms with Gasteiger partial charge >= 0.3 is 0 Å². The zero-order valence-electron chi connectivity index (χ0n) is 27.8. The Kier molecular flexibility index (Phi) is 7.18. The van der Waals surface area contributed by atoms with Crippen molar-refractivity contribution in [3.8, 4) is 0 Å². The number of anilines is 2. The Hall–Kier alpha value is -1.75. The van der Waals surface area contributed by atoms with Crippen LogP contribution in [0.2, 0.25) is 0 Å². The molecule has 2 spiro atoms. The second kappa shape index (κ2) is 10.8. The highest BCUT2D eigenvalue weighted by atomic mass is 33.7. The first kappa shape index (κ1) is 34.7. The molecule has 274 valence electrons. The maximum absolute atomic E-state index is 15.4. The van der Waals surface area contributed by atoms with Crippen molar-refractivity contribution in [3.63, 3.8) is 0 Å². The van der Waals surface area contributed by atoms with Crippen molar-refractivity contribution >= 4 is 108 Å². The molecule has 5 N–H and O–H groups in total. The second-order valence-electron chi connectivity index (χ2n) is 14.5. The summed E-state index contributed by atoms with van der Waals surface area (Å²) >= 11 is 0. The molecular formula is C32H32N6O7S7. The summed E-state index contributed by atoms with van der Waals surface area (Å²) in [5.41, 5.74) is -1.25. The number of likely N-dealkylation sites (N-methyl/N-ethyl adjacent to an activating group) is 2. The molecule has 0 aromatic heterocycles. The van der Waals surface area contributed by atoms with Crippen LogP contribution in [-0.2, 0) is 30.0 Å². The molecule has 4 bridgehead atoms. The fourth-order valence-electron chi connectivity index (χ4n) is 10.5. The van der Waals surface area contributed by atoms with Gasteiger partial charge in [-0.3, -0.25) is 29.0 Å². The van der Waals surface area contributed by atoms with Crippen molar-refractivity contribution in [1.82, 2.24) is 19.6 Å². The number of hydrogen-bond acceptors (Lipinski definition) is 16. The van der Waals surface area contributed by atoms with Gasteiger partial charge in [-0.2, -0.15) is 0 Å². The number of amides is 4. The summed E-state index contributed by atoms with van der Waals surface area (Å²) in [4.78, 5) is 59.6. The van der Waals surface area contributed by atoms with Gasteiger partial charge in [0.25, 0.3) is 23.6 Å². The van der Waals surface area contributed by atoms with Crippen molar-refractivity contribution in [3.05, 3.63) is 59.7 Å². The molecule has 13 nitrogen and oxygen atoms in total. The zero-order valence-corrected chi connectivity index (χ0v) is 33.5. The fraction of sp³-hybridized carbons (Fsp3) is 0.500. The molecule has 10 unspecified atom stereocenters. The average molecular weight is 837 g/mol. The predicted octanol–water partition coefficient (Wildman–Crippen LogP) is 2.88. The first-order valence-electron chi connectivity index (χ1n) is 16.5. The minimum absolute atomic E-state index is 0.324.